The second-order valence-corrected chi connectivity index (χ2v) is 8.34. The van der Waals surface area contributed by atoms with Gasteiger partial charge in [0.15, 0.2) is 6.29 Å². The number of methoxy groups -OCH3 is 2. The van der Waals surface area contributed by atoms with Gasteiger partial charge in [-0.1, -0.05) is 25.4 Å². The molecule has 0 spiro atoms. The summed E-state index contributed by atoms with van der Waals surface area (Å²) in [5.41, 5.74) is 7.49. The van der Waals surface area contributed by atoms with Crippen molar-refractivity contribution in [3.63, 3.8) is 0 Å². The second kappa shape index (κ2) is 30.9. The van der Waals surface area contributed by atoms with Gasteiger partial charge in [-0.3, -0.25) is 0 Å². The highest BCUT2D eigenvalue weighted by molar-refractivity contribution is 6.30. The predicted octanol–water partition coefficient (Wildman–Crippen LogP) is 3.24. The summed E-state index contributed by atoms with van der Waals surface area (Å²) >= 11 is 5.99. The topological polar surface area (TPSA) is 118 Å². The number of rotatable bonds is 28. The first-order chi connectivity index (χ1) is 19.7. The van der Waals surface area contributed by atoms with E-state index < -0.39 is 0 Å². The molecule has 0 saturated heterocycles. The SMILES string of the molecule is CC.COC(COCCOCCOCCOCCOCCOCCOCCOCCc1cc(N)cc(Cl)c1)OC. The zero-order valence-corrected chi connectivity index (χ0v) is 25.6. The van der Waals surface area contributed by atoms with Crippen molar-refractivity contribution >= 4 is 17.3 Å². The van der Waals surface area contributed by atoms with Crippen molar-refractivity contribution < 1.29 is 47.4 Å². The maximum atomic E-state index is 5.99. The van der Waals surface area contributed by atoms with Crippen LogP contribution in [0.3, 0.4) is 0 Å². The van der Waals surface area contributed by atoms with Crippen molar-refractivity contribution in [1.82, 2.24) is 0 Å². The van der Waals surface area contributed by atoms with Crippen molar-refractivity contribution in [2.24, 2.45) is 0 Å². The number of hydrogen-bond donors (Lipinski definition) is 1. The molecule has 11 nitrogen and oxygen atoms in total. The average molecular weight is 598 g/mol. The molecule has 0 unspecified atom stereocenters. The fourth-order valence-electron chi connectivity index (χ4n) is 2.96. The van der Waals surface area contributed by atoms with Gasteiger partial charge in [0.1, 0.15) is 0 Å². The molecule has 1 rings (SSSR count). The van der Waals surface area contributed by atoms with Crippen LogP contribution in [0.4, 0.5) is 5.69 Å². The molecular weight excluding hydrogens is 546 g/mol. The zero-order valence-electron chi connectivity index (χ0n) is 24.9. The van der Waals surface area contributed by atoms with Gasteiger partial charge >= 0.3 is 0 Å². The minimum absolute atomic E-state index is 0.349. The van der Waals surface area contributed by atoms with Crippen molar-refractivity contribution in [2.45, 2.75) is 26.6 Å². The normalized spacial score (nSPS) is 11.2. The van der Waals surface area contributed by atoms with Gasteiger partial charge in [-0.25, -0.2) is 0 Å². The standard InChI is InChI=1S/C26H46ClNO10.C2H6/c1-29-26(30-2)22-38-18-17-37-16-15-36-14-13-35-12-11-34-10-9-33-8-7-32-6-5-31-4-3-23-19-24(27)21-25(28)20-23;1-2/h19-21,26H,3-18,22,28H2,1-2H3;1-2H3. The first kappa shape index (κ1) is 38.9. The van der Waals surface area contributed by atoms with E-state index in [0.29, 0.717) is 116 Å². The first-order valence-corrected chi connectivity index (χ1v) is 14.3. The molecular formula is C28H52ClNO10. The largest absolute Gasteiger partial charge is 0.399 e. The molecule has 1 aromatic carbocycles. The molecule has 0 amide bonds. The number of halogens is 1. The Morgan fingerprint density at radius 1 is 0.550 bits per heavy atom. The molecule has 1 aromatic rings. The molecule has 12 heteroatoms. The molecule has 40 heavy (non-hydrogen) atoms. The Morgan fingerprint density at radius 3 is 1.25 bits per heavy atom. The maximum absolute atomic E-state index is 5.99. The quantitative estimate of drug-likeness (QED) is 0.0871. The molecule has 0 aliphatic carbocycles. The number of ether oxygens (including phenoxy) is 10. The van der Waals surface area contributed by atoms with E-state index >= 15 is 0 Å². The lowest BCUT2D eigenvalue weighted by molar-refractivity contribution is -0.143. The summed E-state index contributed by atoms with van der Waals surface area (Å²) in [4.78, 5) is 0. The van der Waals surface area contributed by atoms with Crippen molar-refractivity contribution in [3.8, 4) is 0 Å². The van der Waals surface area contributed by atoms with Crippen LogP contribution in [0, 0.1) is 0 Å². The highest BCUT2D eigenvalue weighted by Crippen LogP contribution is 2.16. The molecule has 0 heterocycles. The van der Waals surface area contributed by atoms with E-state index in [2.05, 4.69) is 0 Å². The highest BCUT2D eigenvalue weighted by Gasteiger charge is 2.04. The number of hydrogen-bond acceptors (Lipinski definition) is 11. The first-order valence-electron chi connectivity index (χ1n) is 13.9. The predicted molar refractivity (Wildman–Crippen MR) is 155 cm³/mol. The molecule has 2 N–H and O–H groups in total. The molecule has 236 valence electrons. The van der Waals surface area contributed by atoms with Gasteiger partial charge in [-0.05, 0) is 30.2 Å². The Bertz CT molecular complexity index is 635. The molecule has 0 atom stereocenters. The van der Waals surface area contributed by atoms with E-state index in [0.717, 1.165) is 12.0 Å². The smallest absolute Gasteiger partial charge is 0.180 e. The molecule has 0 bridgehead atoms. The fraction of sp³-hybridized carbons (Fsp3) is 0.786. The van der Waals surface area contributed by atoms with Crippen LogP contribution in [-0.4, -0.2) is 126 Å². The number of benzene rings is 1. The molecule has 0 aromatic heterocycles. The Morgan fingerprint density at radius 2 is 0.900 bits per heavy atom. The van der Waals surface area contributed by atoms with E-state index in [-0.39, 0.29) is 6.29 Å². The Labute approximate surface area is 245 Å². The van der Waals surface area contributed by atoms with Gasteiger partial charge in [0.05, 0.1) is 106 Å². The van der Waals surface area contributed by atoms with Crippen molar-refractivity contribution in [1.29, 1.82) is 0 Å². The maximum Gasteiger partial charge on any atom is 0.180 e. The van der Waals surface area contributed by atoms with E-state index in [1.165, 1.54) is 0 Å². The number of nitrogen functional groups attached to an aromatic ring is 1. The Balaban J connectivity index is 0.00000742. The van der Waals surface area contributed by atoms with Gasteiger partial charge < -0.3 is 53.1 Å². The van der Waals surface area contributed by atoms with Gasteiger partial charge in [-0.15, -0.1) is 0 Å². The van der Waals surface area contributed by atoms with Gasteiger partial charge in [0.25, 0.3) is 0 Å². The molecule has 0 radical (unpaired) electrons. The Hall–Kier alpha value is -1.09. The Kier molecular flexibility index (Phi) is 30.0. The van der Waals surface area contributed by atoms with Crippen molar-refractivity contribution in [3.05, 3.63) is 28.8 Å². The van der Waals surface area contributed by atoms with E-state index in [1.807, 2.05) is 26.0 Å². The fourth-order valence-corrected chi connectivity index (χ4v) is 3.23. The van der Waals surface area contributed by atoms with E-state index in [4.69, 9.17) is 64.7 Å². The summed E-state index contributed by atoms with van der Waals surface area (Å²) < 4.78 is 53.7. The lowest BCUT2D eigenvalue weighted by Gasteiger charge is -2.13. The summed E-state index contributed by atoms with van der Waals surface area (Å²) in [6.45, 7) is 12.1. The molecule has 0 fully saturated rings. The monoisotopic (exact) mass is 597 g/mol. The third-order valence-electron chi connectivity index (χ3n) is 4.90. The van der Waals surface area contributed by atoms with Gasteiger partial charge in [0.2, 0.25) is 0 Å². The number of nitrogens with two attached hydrogens (primary N) is 1. The van der Waals surface area contributed by atoms with Crippen LogP contribution in [0.25, 0.3) is 0 Å². The van der Waals surface area contributed by atoms with Crippen LogP contribution >= 0.6 is 11.6 Å². The van der Waals surface area contributed by atoms with Crippen LogP contribution in [0.2, 0.25) is 5.02 Å². The third-order valence-corrected chi connectivity index (χ3v) is 5.12. The lowest BCUT2D eigenvalue weighted by Crippen LogP contribution is -2.21. The highest BCUT2D eigenvalue weighted by atomic mass is 35.5. The second-order valence-electron chi connectivity index (χ2n) is 7.91. The summed E-state index contributed by atoms with van der Waals surface area (Å²) in [6, 6.07) is 5.52. The summed E-state index contributed by atoms with van der Waals surface area (Å²) in [5.74, 6) is 0. The van der Waals surface area contributed by atoms with Gasteiger partial charge in [0, 0.05) is 24.9 Å². The third kappa shape index (κ3) is 25.8. The minimum atomic E-state index is -0.349. The van der Waals surface area contributed by atoms with E-state index in [1.54, 1.807) is 20.3 Å². The number of anilines is 1. The van der Waals surface area contributed by atoms with Crippen LogP contribution in [0.5, 0.6) is 0 Å². The van der Waals surface area contributed by atoms with Crippen LogP contribution in [0.1, 0.15) is 19.4 Å². The summed E-state index contributed by atoms with van der Waals surface area (Å²) in [5, 5.41) is 0.639. The molecule has 0 saturated carbocycles. The van der Waals surface area contributed by atoms with E-state index in [9.17, 15) is 0 Å². The molecule has 0 aliphatic rings. The summed E-state index contributed by atoms with van der Waals surface area (Å²) in [7, 11) is 3.14. The van der Waals surface area contributed by atoms with Crippen molar-refractivity contribution in [2.75, 3.05) is 126 Å². The lowest BCUT2D eigenvalue weighted by atomic mass is 10.1. The van der Waals surface area contributed by atoms with Gasteiger partial charge in [-0.2, -0.15) is 0 Å². The molecule has 0 aliphatic heterocycles. The van der Waals surface area contributed by atoms with Crippen LogP contribution < -0.4 is 5.73 Å². The summed E-state index contributed by atoms with van der Waals surface area (Å²) in [6.07, 6.45) is 0.407. The average Bonchev–Trinajstić information content (AvgIpc) is 2.95. The van der Waals surface area contributed by atoms with Crippen LogP contribution in [0.15, 0.2) is 18.2 Å². The van der Waals surface area contributed by atoms with Crippen LogP contribution in [-0.2, 0) is 53.8 Å². The minimum Gasteiger partial charge on any atom is -0.399 e. The zero-order chi connectivity index (χ0) is 29.5.